The van der Waals surface area contributed by atoms with Gasteiger partial charge in [-0.2, -0.15) is 0 Å². The van der Waals surface area contributed by atoms with E-state index in [4.69, 9.17) is 0 Å². The van der Waals surface area contributed by atoms with Crippen LogP contribution in [-0.2, 0) is 0 Å². The molecular weight excluding hydrogens is 655 g/mol. The smallest absolute Gasteiger partial charge is 0.0534 e. The van der Waals surface area contributed by atoms with Gasteiger partial charge in [0.05, 0.1) is 5.52 Å². The molecule has 1 heterocycles. The van der Waals surface area contributed by atoms with E-state index >= 15 is 0 Å². The number of para-hydroxylation sites is 2. The summed E-state index contributed by atoms with van der Waals surface area (Å²) in [6, 6.07) is 63.0. The molecule has 0 atom stereocenters. The highest BCUT2D eigenvalue weighted by atomic mass is 15.1. The maximum absolute atomic E-state index is 2.29. The first-order valence-electron chi connectivity index (χ1n) is 18.5. The summed E-state index contributed by atoms with van der Waals surface area (Å²) in [6.45, 7) is 2.04. The van der Waals surface area contributed by atoms with Crippen LogP contribution < -0.4 is 9.80 Å². The largest absolute Gasteiger partial charge is 0.345 e. The Morgan fingerprint density at radius 2 is 1.07 bits per heavy atom. The van der Waals surface area contributed by atoms with E-state index in [2.05, 4.69) is 229 Å². The minimum absolute atomic E-state index is 1.14. The molecule has 0 spiro atoms. The molecule has 0 aliphatic carbocycles. The van der Waals surface area contributed by atoms with Crippen molar-refractivity contribution in [3.63, 3.8) is 0 Å². The Morgan fingerprint density at radius 3 is 1.80 bits per heavy atom. The maximum Gasteiger partial charge on any atom is 0.0534 e. The average Bonchev–Trinajstić information content (AvgIpc) is 3.62. The van der Waals surface area contributed by atoms with Gasteiger partial charge in [-0.25, -0.2) is 0 Å². The minimum Gasteiger partial charge on any atom is -0.345 e. The second-order valence-corrected chi connectivity index (χ2v) is 13.6. The molecule has 0 fully saturated rings. The zero-order valence-corrected chi connectivity index (χ0v) is 31.0. The predicted molar refractivity (Wildman–Crippen MR) is 232 cm³/mol. The van der Waals surface area contributed by atoms with Crippen molar-refractivity contribution in [1.29, 1.82) is 0 Å². The fraction of sp³-hybridized carbons (Fsp3) is 0.0588. The van der Waals surface area contributed by atoms with Crippen LogP contribution in [0.15, 0.2) is 200 Å². The minimum atomic E-state index is 1.14. The van der Waals surface area contributed by atoms with Crippen molar-refractivity contribution in [2.75, 3.05) is 23.9 Å². The first-order valence-corrected chi connectivity index (χ1v) is 18.5. The quantitative estimate of drug-likeness (QED) is 0.132. The average molecular weight is 698 g/mol. The fourth-order valence-electron chi connectivity index (χ4n) is 7.22. The Hall–Kier alpha value is -6.84. The van der Waals surface area contributed by atoms with Crippen LogP contribution >= 0.6 is 0 Å². The molecule has 7 aromatic carbocycles. The Balaban J connectivity index is 0.994. The molecule has 3 nitrogen and oxygen atoms in total. The summed E-state index contributed by atoms with van der Waals surface area (Å²) in [7, 11) is 4.27. The van der Waals surface area contributed by atoms with Gasteiger partial charge in [-0.15, -0.1) is 0 Å². The molecule has 8 rings (SSSR count). The third-order valence-corrected chi connectivity index (χ3v) is 10.2. The lowest BCUT2D eigenvalue weighted by Gasteiger charge is -2.24. The first-order chi connectivity index (χ1) is 26.6. The van der Waals surface area contributed by atoms with Gasteiger partial charge in [0.1, 0.15) is 0 Å². The molecule has 0 saturated heterocycles. The highest BCUT2D eigenvalue weighted by molar-refractivity contribution is 5.91. The van der Waals surface area contributed by atoms with Crippen LogP contribution in [0.2, 0.25) is 0 Å². The van der Waals surface area contributed by atoms with E-state index in [9.17, 15) is 0 Å². The topological polar surface area (TPSA) is 11.4 Å². The van der Waals surface area contributed by atoms with E-state index in [-0.39, 0.29) is 0 Å². The number of allylic oxidation sites excluding steroid dienone is 3. The lowest BCUT2D eigenvalue weighted by molar-refractivity contribution is 1.13. The van der Waals surface area contributed by atoms with Crippen molar-refractivity contribution in [1.82, 2.24) is 4.57 Å². The van der Waals surface area contributed by atoms with Crippen molar-refractivity contribution in [2.24, 2.45) is 0 Å². The summed E-state index contributed by atoms with van der Waals surface area (Å²) in [6.07, 6.45) is 10.6. The van der Waals surface area contributed by atoms with Gasteiger partial charge in [-0.3, -0.25) is 0 Å². The van der Waals surface area contributed by atoms with Gasteiger partial charge < -0.3 is 14.4 Å². The molecule has 0 aliphatic heterocycles. The van der Waals surface area contributed by atoms with E-state index in [0.717, 1.165) is 22.7 Å². The van der Waals surface area contributed by atoms with Gasteiger partial charge in [0.15, 0.2) is 0 Å². The third-order valence-electron chi connectivity index (χ3n) is 10.2. The molecule has 0 N–H and O–H groups in total. The number of nitrogens with zero attached hydrogens (tertiary/aromatic N) is 3. The molecule has 0 saturated carbocycles. The van der Waals surface area contributed by atoms with E-state index in [1.54, 1.807) is 0 Å². The summed E-state index contributed by atoms with van der Waals surface area (Å²) in [5, 5.41) is 1.24. The van der Waals surface area contributed by atoms with Crippen LogP contribution in [0.3, 0.4) is 0 Å². The van der Waals surface area contributed by atoms with Gasteiger partial charge in [0.25, 0.3) is 0 Å². The van der Waals surface area contributed by atoms with Crippen molar-refractivity contribution in [2.45, 2.75) is 6.92 Å². The molecule has 0 aliphatic rings. The molecule has 3 heteroatoms. The standard InChI is InChI=1S/C51H43N3/c1-4-5-7-18-43-37-54(51-26-13-11-24-49(43)51)47-22-15-20-42(36-47)39-29-33-45(34-30-39)52(2)44-31-27-38(28-32-44)41-19-14-21-46(35-41)53(3)50-25-12-10-23-48(50)40-16-8-6-9-17-40/h4-37H,1-3H3/b5-4-,18-7-. The maximum atomic E-state index is 2.29. The second kappa shape index (κ2) is 15.4. The van der Waals surface area contributed by atoms with E-state index < -0.39 is 0 Å². The summed E-state index contributed by atoms with van der Waals surface area (Å²) >= 11 is 0. The third kappa shape index (κ3) is 7.00. The van der Waals surface area contributed by atoms with E-state index in [1.165, 1.54) is 55.5 Å². The second-order valence-electron chi connectivity index (χ2n) is 13.6. The predicted octanol–water partition coefficient (Wildman–Crippen LogP) is 13.8. The summed E-state index contributed by atoms with van der Waals surface area (Å²) < 4.78 is 2.29. The number of benzene rings is 7. The van der Waals surface area contributed by atoms with Crippen molar-refractivity contribution < 1.29 is 0 Å². The van der Waals surface area contributed by atoms with E-state index in [0.29, 0.717) is 0 Å². The number of fused-ring (bicyclic) bond motifs is 1. The highest BCUT2D eigenvalue weighted by Crippen LogP contribution is 2.36. The van der Waals surface area contributed by atoms with E-state index in [1.807, 2.05) is 13.0 Å². The lowest BCUT2D eigenvalue weighted by atomic mass is 10.0. The van der Waals surface area contributed by atoms with Crippen molar-refractivity contribution in [3.05, 3.63) is 206 Å². The summed E-state index contributed by atoms with van der Waals surface area (Å²) in [4.78, 5) is 4.51. The van der Waals surface area contributed by atoms with Gasteiger partial charge in [0, 0.05) is 65.2 Å². The Labute approximate surface area is 319 Å². The van der Waals surface area contributed by atoms with Gasteiger partial charge in [0.2, 0.25) is 0 Å². The molecule has 54 heavy (non-hydrogen) atoms. The number of hydrogen-bond acceptors (Lipinski definition) is 2. The Kier molecular flexibility index (Phi) is 9.78. The fourth-order valence-corrected chi connectivity index (χ4v) is 7.22. The number of rotatable bonds is 10. The molecule has 0 bridgehead atoms. The Morgan fingerprint density at radius 1 is 0.463 bits per heavy atom. The van der Waals surface area contributed by atoms with Crippen molar-refractivity contribution in [3.8, 4) is 39.1 Å². The molecule has 0 amide bonds. The van der Waals surface area contributed by atoms with Crippen LogP contribution in [0.1, 0.15) is 12.5 Å². The van der Waals surface area contributed by atoms with Crippen LogP contribution in [0, 0.1) is 0 Å². The summed E-state index contributed by atoms with van der Waals surface area (Å²) in [5.74, 6) is 0. The van der Waals surface area contributed by atoms with Crippen LogP contribution in [0.5, 0.6) is 0 Å². The molecule has 0 radical (unpaired) electrons. The van der Waals surface area contributed by atoms with Crippen LogP contribution in [0.4, 0.5) is 22.7 Å². The number of aromatic nitrogens is 1. The molecule has 1 aromatic heterocycles. The zero-order valence-electron chi connectivity index (χ0n) is 31.0. The number of anilines is 4. The van der Waals surface area contributed by atoms with Gasteiger partial charge >= 0.3 is 0 Å². The molecule has 8 aromatic rings. The number of hydrogen-bond donors (Lipinski definition) is 0. The highest BCUT2D eigenvalue weighted by Gasteiger charge is 2.13. The zero-order chi connectivity index (χ0) is 36.9. The first kappa shape index (κ1) is 34.3. The molecule has 0 unspecified atom stereocenters. The SMILES string of the molecule is C/C=C\C=C/c1cn(-c2cccc(-c3ccc(N(C)c4ccc(-c5cccc(N(C)c6ccccc6-c6ccccc6)c5)cc4)cc3)c2)c2ccccc12. The normalized spacial score (nSPS) is 11.5. The van der Waals surface area contributed by atoms with Gasteiger partial charge in [-0.1, -0.05) is 140 Å². The van der Waals surface area contributed by atoms with Gasteiger partial charge in [-0.05, 0) is 95.4 Å². The van der Waals surface area contributed by atoms with Crippen LogP contribution in [0.25, 0.3) is 56.0 Å². The Bertz CT molecular complexity index is 2570. The van der Waals surface area contributed by atoms with Crippen LogP contribution in [-0.4, -0.2) is 18.7 Å². The summed E-state index contributed by atoms with van der Waals surface area (Å²) in [5.41, 5.74) is 15.3. The van der Waals surface area contributed by atoms with Crippen molar-refractivity contribution >= 4 is 39.7 Å². The monoisotopic (exact) mass is 697 g/mol. The molecule has 262 valence electrons. The lowest BCUT2D eigenvalue weighted by Crippen LogP contribution is -2.10. The molecular formula is C51H43N3.